The van der Waals surface area contributed by atoms with Crippen LogP contribution in [-0.4, -0.2) is 17.7 Å². The molecule has 0 atom stereocenters. The highest BCUT2D eigenvalue weighted by Crippen LogP contribution is 2.36. The zero-order valence-electron chi connectivity index (χ0n) is 14.8. The van der Waals surface area contributed by atoms with Crippen molar-refractivity contribution in [2.24, 2.45) is 0 Å². The molecule has 1 amide bonds. The van der Waals surface area contributed by atoms with Crippen LogP contribution in [0.15, 0.2) is 71.3 Å². The van der Waals surface area contributed by atoms with Gasteiger partial charge in [-0.25, -0.2) is 4.98 Å². The molecule has 0 bridgehead atoms. The van der Waals surface area contributed by atoms with E-state index in [0.29, 0.717) is 35.1 Å². The zero-order chi connectivity index (χ0) is 18.9. The van der Waals surface area contributed by atoms with Gasteiger partial charge in [-0.15, -0.1) is 0 Å². The van der Waals surface area contributed by atoms with Gasteiger partial charge in [-0.1, -0.05) is 18.2 Å². The second-order valence-corrected chi connectivity index (χ2v) is 6.40. The van der Waals surface area contributed by atoms with Gasteiger partial charge in [0.2, 0.25) is 6.79 Å². The summed E-state index contributed by atoms with van der Waals surface area (Å²) in [5.74, 6) is 1.90. The van der Waals surface area contributed by atoms with E-state index in [2.05, 4.69) is 5.32 Å². The number of amides is 1. The SMILES string of the molecule is O=C(NCc1ccco1)c1cc(-c2ccc3c(c2)OCO3)nc2ccccc12. The molecule has 0 fully saturated rings. The molecule has 1 aliphatic rings. The van der Waals surface area contributed by atoms with Crippen molar-refractivity contribution in [2.75, 3.05) is 6.79 Å². The van der Waals surface area contributed by atoms with E-state index in [1.54, 1.807) is 18.4 Å². The van der Waals surface area contributed by atoms with Crippen molar-refractivity contribution in [1.82, 2.24) is 10.3 Å². The topological polar surface area (TPSA) is 73.6 Å². The van der Waals surface area contributed by atoms with Crippen LogP contribution in [0.25, 0.3) is 22.2 Å². The number of aromatic nitrogens is 1. The second kappa shape index (κ2) is 6.74. The van der Waals surface area contributed by atoms with Gasteiger partial charge >= 0.3 is 0 Å². The first-order valence-electron chi connectivity index (χ1n) is 8.88. The summed E-state index contributed by atoms with van der Waals surface area (Å²) < 4.78 is 16.1. The number of fused-ring (bicyclic) bond motifs is 2. The Morgan fingerprint density at radius 2 is 1.89 bits per heavy atom. The largest absolute Gasteiger partial charge is 0.467 e. The number of nitrogens with one attached hydrogen (secondary N) is 1. The Kier molecular flexibility index (Phi) is 3.94. The van der Waals surface area contributed by atoms with Crippen LogP contribution in [0, 0.1) is 0 Å². The minimum absolute atomic E-state index is 0.183. The van der Waals surface area contributed by atoms with Crippen molar-refractivity contribution < 1.29 is 18.7 Å². The Morgan fingerprint density at radius 1 is 1.00 bits per heavy atom. The molecular weight excluding hydrogens is 356 g/mol. The zero-order valence-corrected chi connectivity index (χ0v) is 14.8. The third kappa shape index (κ3) is 2.95. The van der Waals surface area contributed by atoms with Gasteiger partial charge in [-0.2, -0.15) is 0 Å². The lowest BCUT2D eigenvalue weighted by molar-refractivity contribution is 0.0949. The first kappa shape index (κ1) is 16.4. The van der Waals surface area contributed by atoms with Gasteiger partial charge in [0.1, 0.15) is 5.76 Å². The predicted octanol–water partition coefficient (Wildman–Crippen LogP) is 4.15. The monoisotopic (exact) mass is 372 g/mol. The molecule has 6 heteroatoms. The second-order valence-electron chi connectivity index (χ2n) is 6.40. The van der Waals surface area contributed by atoms with Crippen molar-refractivity contribution >= 4 is 16.8 Å². The van der Waals surface area contributed by atoms with E-state index in [9.17, 15) is 4.79 Å². The van der Waals surface area contributed by atoms with Gasteiger partial charge in [0.15, 0.2) is 11.5 Å². The summed E-state index contributed by atoms with van der Waals surface area (Å²) in [7, 11) is 0. The molecular formula is C22H16N2O4. The van der Waals surface area contributed by atoms with Gasteiger partial charge in [0.05, 0.1) is 29.6 Å². The molecule has 2 aromatic heterocycles. The number of rotatable bonds is 4. The summed E-state index contributed by atoms with van der Waals surface area (Å²) in [5.41, 5.74) is 2.86. The Hall–Kier alpha value is -3.80. The van der Waals surface area contributed by atoms with Crippen LogP contribution >= 0.6 is 0 Å². The van der Waals surface area contributed by atoms with E-state index in [4.69, 9.17) is 18.9 Å². The highest BCUT2D eigenvalue weighted by molar-refractivity contribution is 6.07. The fraction of sp³-hybridized carbons (Fsp3) is 0.0909. The molecule has 0 radical (unpaired) electrons. The van der Waals surface area contributed by atoms with Crippen LogP contribution in [0.3, 0.4) is 0 Å². The summed E-state index contributed by atoms with van der Waals surface area (Å²) in [6.07, 6.45) is 1.58. The van der Waals surface area contributed by atoms with Gasteiger partial charge in [-0.05, 0) is 42.5 Å². The average molecular weight is 372 g/mol. The number of nitrogens with zero attached hydrogens (tertiary/aromatic N) is 1. The molecule has 0 spiro atoms. The molecule has 6 nitrogen and oxygen atoms in total. The standard InChI is InChI=1S/C22H16N2O4/c25-22(23-12-15-4-3-9-26-15)17-11-19(24-18-6-2-1-5-16(17)18)14-7-8-20-21(10-14)28-13-27-20/h1-11H,12-13H2,(H,23,25). The lowest BCUT2D eigenvalue weighted by atomic mass is 10.0. The summed E-state index contributed by atoms with van der Waals surface area (Å²) >= 11 is 0. The summed E-state index contributed by atoms with van der Waals surface area (Å²) in [4.78, 5) is 17.6. The minimum atomic E-state index is -0.183. The average Bonchev–Trinajstić information content (AvgIpc) is 3.42. The first-order chi connectivity index (χ1) is 13.8. The number of carbonyl (C=O) groups is 1. The number of hydrogen-bond donors (Lipinski definition) is 1. The lowest BCUT2D eigenvalue weighted by Crippen LogP contribution is -2.23. The van der Waals surface area contributed by atoms with Crippen molar-refractivity contribution in [2.45, 2.75) is 6.54 Å². The van der Waals surface area contributed by atoms with Crippen molar-refractivity contribution in [3.63, 3.8) is 0 Å². The summed E-state index contributed by atoms with van der Waals surface area (Å²) in [5, 5.41) is 3.70. The molecule has 0 saturated heterocycles. The number of pyridine rings is 1. The van der Waals surface area contributed by atoms with Gasteiger partial charge in [0.25, 0.3) is 5.91 Å². The molecule has 5 rings (SSSR count). The van der Waals surface area contributed by atoms with E-state index >= 15 is 0 Å². The van der Waals surface area contributed by atoms with E-state index < -0.39 is 0 Å². The van der Waals surface area contributed by atoms with Gasteiger partial charge in [-0.3, -0.25) is 4.79 Å². The predicted molar refractivity (Wildman–Crippen MR) is 103 cm³/mol. The van der Waals surface area contributed by atoms with Crippen molar-refractivity contribution in [3.8, 4) is 22.8 Å². The highest BCUT2D eigenvalue weighted by Gasteiger charge is 2.17. The quantitative estimate of drug-likeness (QED) is 0.582. The molecule has 0 saturated carbocycles. The number of carbonyl (C=O) groups excluding carboxylic acids is 1. The maximum atomic E-state index is 12.9. The van der Waals surface area contributed by atoms with E-state index in [-0.39, 0.29) is 12.7 Å². The van der Waals surface area contributed by atoms with Gasteiger partial charge in [0, 0.05) is 10.9 Å². The molecule has 28 heavy (non-hydrogen) atoms. The highest BCUT2D eigenvalue weighted by atomic mass is 16.7. The molecule has 0 unspecified atom stereocenters. The molecule has 1 N–H and O–H groups in total. The minimum Gasteiger partial charge on any atom is -0.467 e. The van der Waals surface area contributed by atoms with E-state index in [1.807, 2.05) is 48.5 Å². The van der Waals surface area contributed by atoms with Gasteiger partial charge < -0.3 is 19.2 Å². The van der Waals surface area contributed by atoms with Crippen LogP contribution in [0.1, 0.15) is 16.1 Å². The Morgan fingerprint density at radius 3 is 2.79 bits per heavy atom. The molecule has 0 aliphatic carbocycles. The molecule has 2 aromatic carbocycles. The number of benzene rings is 2. The fourth-order valence-corrected chi connectivity index (χ4v) is 3.24. The number of ether oxygens (including phenoxy) is 2. The molecule has 4 aromatic rings. The van der Waals surface area contributed by atoms with Crippen molar-refractivity contribution in [3.05, 3.63) is 78.3 Å². The maximum Gasteiger partial charge on any atom is 0.252 e. The van der Waals surface area contributed by atoms with Crippen LogP contribution in [0.4, 0.5) is 0 Å². The number of furan rings is 1. The first-order valence-corrected chi connectivity index (χ1v) is 8.88. The molecule has 1 aliphatic heterocycles. The third-order valence-corrected chi connectivity index (χ3v) is 4.63. The molecule has 138 valence electrons. The molecule has 3 heterocycles. The van der Waals surface area contributed by atoms with Crippen LogP contribution < -0.4 is 14.8 Å². The smallest absolute Gasteiger partial charge is 0.252 e. The summed E-state index contributed by atoms with van der Waals surface area (Å²) in [6, 6.07) is 18.7. The maximum absolute atomic E-state index is 12.9. The Bertz CT molecular complexity index is 1170. The lowest BCUT2D eigenvalue weighted by Gasteiger charge is -2.10. The number of para-hydroxylation sites is 1. The van der Waals surface area contributed by atoms with Crippen LogP contribution in [-0.2, 0) is 6.54 Å². The van der Waals surface area contributed by atoms with E-state index in [1.165, 1.54) is 0 Å². The van der Waals surface area contributed by atoms with Crippen LogP contribution in [0.5, 0.6) is 11.5 Å². The fourth-order valence-electron chi connectivity index (χ4n) is 3.24. The third-order valence-electron chi connectivity index (χ3n) is 4.63. The Labute approximate surface area is 160 Å². The summed E-state index contributed by atoms with van der Waals surface area (Å²) in [6.45, 7) is 0.534. The normalized spacial score (nSPS) is 12.3. The van der Waals surface area contributed by atoms with Crippen molar-refractivity contribution in [1.29, 1.82) is 0 Å². The van der Waals surface area contributed by atoms with E-state index in [0.717, 1.165) is 16.5 Å². The van der Waals surface area contributed by atoms with Crippen LogP contribution in [0.2, 0.25) is 0 Å². The number of hydrogen-bond acceptors (Lipinski definition) is 5. The Balaban J connectivity index is 1.55.